The molecule has 2 aromatic heterocycles. The van der Waals surface area contributed by atoms with Crippen molar-refractivity contribution >= 4 is 28.7 Å². The zero-order valence-electron chi connectivity index (χ0n) is 16.7. The number of rotatable bonds is 5. The van der Waals surface area contributed by atoms with Crippen LogP contribution >= 0.6 is 11.3 Å². The van der Waals surface area contributed by atoms with E-state index in [1.165, 1.54) is 47.2 Å². The molecular formula is C22H15FN4O4S. The summed E-state index contributed by atoms with van der Waals surface area (Å²) in [6.07, 6.45) is 0. The van der Waals surface area contributed by atoms with Crippen LogP contribution in [-0.4, -0.2) is 33.2 Å². The number of benzene rings is 2. The van der Waals surface area contributed by atoms with E-state index in [1.54, 1.807) is 12.1 Å². The van der Waals surface area contributed by atoms with Gasteiger partial charge < -0.3 is 14.8 Å². The minimum atomic E-state index is -0.606. The topological polar surface area (TPSA) is 95.3 Å². The molecule has 10 heteroatoms. The first kappa shape index (κ1) is 19.9. The summed E-state index contributed by atoms with van der Waals surface area (Å²) < 4.78 is 25.5. The highest BCUT2D eigenvalue weighted by Crippen LogP contribution is 2.37. The highest BCUT2D eigenvalue weighted by atomic mass is 32.1. The summed E-state index contributed by atoms with van der Waals surface area (Å²) in [4.78, 5) is 30.3. The molecule has 1 amide bonds. The highest BCUT2D eigenvalue weighted by molar-refractivity contribution is 7.13. The Labute approximate surface area is 185 Å². The number of halogens is 1. The van der Waals surface area contributed by atoms with Crippen LogP contribution < -0.4 is 14.8 Å². The van der Waals surface area contributed by atoms with Crippen LogP contribution in [0.5, 0.6) is 11.5 Å². The first-order chi connectivity index (χ1) is 15.5. The second kappa shape index (κ2) is 7.89. The number of aromatic nitrogens is 3. The van der Waals surface area contributed by atoms with Crippen molar-refractivity contribution in [2.45, 2.75) is 6.92 Å². The van der Waals surface area contributed by atoms with Gasteiger partial charge in [0.15, 0.2) is 23.1 Å². The van der Waals surface area contributed by atoms with Gasteiger partial charge in [0, 0.05) is 11.6 Å². The van der Waals surface area contributed by atoms with Gasteiger partial charge in [0.1, 0.15) is 5.82 Å². The average molecular weight is 450 g/mol. The molecule has 0 saturated carbocycles. The van der Waals surface area contributed by atoms with Gasteiger partial charge in [-0.25, -0.2) is 14.1 Å². The maximum absolute atomic E-state index is 13.4. The maximum atomic E-state index is 13.4. The van der Waals surface area contributed by atoms with Gasteiger partial charge in [0.25, 0.3) is 5.91 Å². The summed E-state index contributed by atoms with van der Waals surface area (Å²) in [6, 6.07) is 12.5. The molecule has 32 heavy (non-hydrogen) atoms. The second-order valence-electron chi connectivity index (χ2n) is 6.89. The van der Waals surface area contributed by atoms with Crippen molar-refractivity contribution in [3.05, 3.63) is 71.1 Å². The Morgan fingerprint density at radius 2 is 1.88 bits per heavy atom. The van der Waals surface area contributed by atoms with Crippen LogP contribution in [0, 0.1) is 5.82 Å². The molecule has 3 heterocycles. The maximum Gasteiger partial charge on any atom is 0.295 e. The number of Topliss-reactive ketones (excluding diaryl/α,β-unsaturated/α-hetero) is 1. The molecule has 1 N–H and O–H groups in total. The number of nitrogens with one attached hydrogen (secondary N) is 1. The molecule has 0 bridgehead atoms. The van der Waals surface area contributed by atoms with E-state index in [2.05, 4.69) is 15.4 Å². The van der Waals surface area contributed by atoms with E-state index >= 15 is 0 Å². The van der Waals surface area contributed by atoms with E-state index in [9.17, 15) is 14.0 Å². The van der Waals surface area contributed by atoms with Crippen LogP contribution in [0.15, 0.2) is 53.9 Å². The van der Waals surface area contributed by atoms with Gasteiger partial charge in [-0.3, -0.25) is 9.59 Å². The number of nitrogens with zero attached hydrogens (tertiary/aromatic N) is 3. The molecule has 0 unspecified atom stereocenters. The van der Waals surface area contributed by atoms with Gasteiger partial charge in [-0.05, 0) is 48.7 Å². The van der Waals surface area contributed by atoms with Gasteiger partial charge in [0.2, 0.25) is 12.6 Å². The van der Waals surface area contributed by atoms with Crippen LogP contribution in [0.25, 0.3) is 16.4 Å². The molecule has 8 nitrogen and oxygen atoms in total. The Balaban J connectivity index is 1.53. The van der Waals surface area contributed by atoms with Gasteiger partial charge >= 0.3 is 0 Å². The van der Waals surface area contributed by atoms with Crippen LogP contribution in [0.4, 0.5) is 10.1 Å². The van der Waals surface area contributed by atoms with Crippen LogP contribution in [0.1, 0.15) is 27.9 Å². The van der Waals surface area contributed by atoms with E-state index in [0.29, 0.717) is 23.0 Å². The summed E-state index contributed by atoms with van der Waals surface area (Å²) in [5.74, 6) is -0.0443. The van der Waals surface area contributed by atoms with Crippen molar-refractivity contribution in [3.8, 4) is 27.9 Å². The Morgan fingerprint density at radius 1 is 1.12 bits per heavy atom. The Hall–Kier alpha value is -4.05. The molecule has 2 aromatic carbocycles. The molecule has 0 saturated heterocycles. The molecule has 1 aliphatic rings. The number of hydrogen-bond acceptors (Lipinski definition) is 7. The summed E-state index contributed by atoms with van der Waals surface area (Å²) in [5, 5.41) is 8.92. The third-order valence-corrected chi connectivity index (χ3v) is 5.63. The molecule has 1 aliphatic heterocycles. The number of hydrogen-bond donors (Lipinski definition) is 1. The van der Waals surface area contributed by atoms with Crippen molar-refractivity contribution in [3.63, 3.8) is 0 Å². The van der Waals surface area contributed by atoms with Gasteiger partial charge in [0.05, 0.1) is 16.3 Å². The summed E-state index contributed by atoms with van der Waals surface area (Å²) >= 11 is 1.43. The lowest BCUT2D eigenvalue weighted by Crippen LogP contribution is -2.16. The molecule has 0 spiro atoms. The van der Waals surface area contributed by atoms with Crippen LogP contribution in [0.2, 0.25) is 0 Å². The van der Waals surface area contributed by atoms with Crippen LogP contribution in [-0.2, 0) is 0 Å². The Bertz CT molecular complexity index is 1330. The van der Waals surface area contributed by atoms with Crippen molar-refractivity contribution < 1.29 is 23.5 Å². The quantitative estimate of drug-likeness (QED) is 0.455. The van der Waals surface area contributed by atoms with Crippen molar-refractivity contribution in [1.82, 2.24) is 14.8 Å². The number of carbonyl (C=O) groups excluding carboxylic acids is 2. The number of ketones is 1. The first-order valence-corrected chi connectivity index (χ1v) is 10.4. The van der Waals surface area contributed by atoms with E-state index in [0.717, 1.165) is 4.88 Å². The highest BCUT2D eigenvalue weighted by Gasteiger charge is 2.24. The lowest BCUT2D eigenvalue weighted by molar-refractivity contribution is 0.101. The average Bonchev–Trinajstić information content (AvgIpc) is 3.53. The van der Waals surface area contributed by atoms with Crippen molar-refractivity contribution in [2.24, 2.45) is 0 Å². The third kappa shape index (κ3) is 3.60. The zero-order chi connectivity index (χ0) is 22.2. The smallest absolute Gasteiger partial charge is 0.295 e. The van der Waals surface area contributed by atoms with E-state index < -0.39 is 5.91 Å². The lowest BCUT2D eigenvalue weighted by Gasteiger charge is -2.09. The molecule has 0 atom stereocenters. The third-order valence-electron chi connectivity index (χ3n) is 4.76. The van der Waals surface area contributed by atoms with Crippen molar-refractivity contribution in [1.29, 1.82) is 0 Å². The molecular weight excluding hydrogens is 435 g/mol. The normalized spacial score (nSPS) is 12.1. The van der Waals surface area contributed by atoms with E-state index in [1.807, 2.05) is 17.5 Å². The summed E-state index contributed by atoms with van der Waals surface area (Å²) in [5.41, 5.74) is 1.09. The lowest BCUT2D eigenvalue weighted by atomic mass is 10.1. The SMILES string of the molecule is CC(=O)c1cc2c(cc1NC(=O)c1nc(-c3cccs3)n(-c3ccc(F)cc3)n1)OCO2. The number of amides is 1. The monoisotopic (exact) mass is 450 g/mol. The predicted molar refractivity (Wildman–Crippen MR) is 115 cm³/mol. The number of carbonyl (C=O) groups is 2. The van der Waals surface area contributed by atoms with E-state index in [-0.39, 0.29) is 35.5 Å². The summed E-state index contributed by atoms with van der Waals surface area (Å²) in [7, 11) is 0. The number of thiophene rings is 1. The summed E-state index contributed by atoms with van der Waals surface area (Å²) in [6.45, 7) is 1.43. The van der Waals surface area contributed by atoms with Crippen molar-refractivity contribution in [2.75, 3.05) is 12.1 Å². The standard InChI is InChI=1S/C22H15FN4O4S/c1-12(28)15-9-17-18(31-11-30-17)10-16(15)24-22(29)20-25-21(19-3-2-8-32-19)27(26-20)14-6-4-13(23)5-7-14/h2-10H,11H2,1H3,(H,24,29). The predicted octanol–water partition coefficient (Wildman–Crippen LogP) is 4.32. The molecule has 5 rings (SSSR count). The van der Waals surface area contributed by atoms with Crippen LogP contribution in [0.3, 0.4) is 0 Å². The van der Waals surface area contributed by atoms with E-state index in [4.69, 9.17) is 9.47 Å². The minimum absolute atomic E-state index is 0.0396. The van der Waals surface area contributed by atoms with Gasteiger partial charge in [-0.1, -0.05) is 6.07 Å². The molecule has 4 aromatic rings. The van der Waals surface area contributed by atoms with Gasteiger partial charge in [-0.15, -0.1) is 16.4 Å². The number of ether oxygens (including phenoxy) is 2. The number of fused-ring (bicyclic) bond motifs is 1. The molecule has 0 radical (unpaired) electrons. The number of anilines is 1. The fourth-order valence-corrected chi connectivity index (χ4v) is 3.95. The minimum Gasteiger partial charge on any atom is -0.454 e. The fourth-order valence-electron chi connectivity index (χ4n) is 3.25. The van der Waals surface area contributed by atoms with Gasteiger partial charge in [-0.2, -0.15) is 0 Å². The zero-order valence-corrected chi connectivity index (χ0v) is 17.5. The molecule has 160 valence electrons. The Kier molecular flexibility index (Phi) is 4.91. The first-order valence-electron chi connectivity index (χ1n) is 9.52. The second-order valence-corrected chi connectivity index (χ2v) is 7.83. The largest absolute Gasteiger partial charge is 0.454 e. The molecule has 0 fully saturated rings. The fraction of sp³-hybridized carbons (Fsp3) is 0.0909. The Morgan fingerprint density at radius 3 is 2.56 bits per heavy atom. The molecule has 0 aliphatic carbocycles.